The predicted molar refractivity (Wildman–Crippen MR) is 95.6 cm³/mol. The third-order valence-corrected chi connectivity index (χ3v) is 4.66. The molecule has 0 saturated heterocycles. The first kappa shape index (κ1) is 20.6. The first-order chi connectivity index (χ1) is 11.8. The van der Waals surface area contributed by atoms with Gasteiger partial charge >= 0.3 is 5.97 Å². The maximum atomic E-state index is 12.1. The highest BCUT2D eigenvalue weighted by molar-refractivity contribution is 7.89. The van der Waals surface area contributed by atoms with Crippen LogP contribution in [-0.2, 0) is 14.8 Å². The highest BCUT2D eigenvalue weighted by atomic mass is 32.2. The molecule has 0 radical (unpaired) electrons. The Balaban J connectivity index is 2.74. The lowest BCUT2D eigenvalue weighted by molar-refractivity contribution is 0.0449. The summed E-state index contributed by atoms with van der Waals surface area (Å²) in [5.74, 6) is -0.560. The zero-order valence-corrected chi connectivity index (χ0v) is 15.5. The van der Waals surface area contributed by atoms with E-state index in [1.165, 1.54) is 24.3 Å². The van der Waals surface area contributed by atoms with Crippen molar-refractivity contribution >= 4 is 21.7 Å². The lowest BCUT2D eigenvalue weighted by Gasteiger charge is -2.15. The van der Waals surface area contributed by atoms with Gasteiger partial charge in [0.15, 0.2) is 0 Å². The van der Waals surface area contributed by atoms with E-state index in [0.717, 1.165) is 6.42 Å². The van der Waals surface area contributed by atoms with Crippen molar-refractivity contribution in [3.63, 3.8) is 0 Å². The topological polar surface area (TPSA) is 109 Å². The molecule has 0 aliphatic carbocycles. The average Bonchev–Trinajstić information content (AvgIpc) is 2.60. The van der Waals surface area contributed by atoms with Crippen molar-refractivity contribution in [3.05, 3.63) is 35.4 Å². The van der Waals surface area contributed by atoms with Crippen LogP contribution in [0.25, 0.3) is 0 Å². The van der Waals surface area contributed by atoms with Crippen molar-refractivity contribution < 1.29 is 17.9 Å². The summed E-state index contributed by atoms with van der Waals surface area (Å²) in [5.41, 5.74) is 1.17. The molecule has 1 rings (SSSR count). The second-order valence-electron chi connectivity index (χ2n) is 5.46. The van der Waals surface area contributed by atoms with E-state index in [9.17, 15) is 13.2 Å². The number of unbranched alkanes of at least 4 members (excludes halogenated alkanes) is 1. The van der Waals surface area contributed by atoms with E-state index in [-0.39, 0.29) is 5.75 Å². The zero-order valence-electron chi connectivity index (χ0n) is 14.7. The monoisotopic (exact) mass is 365 g/mol. The molecule has 0 aliphatic rings. The number of carbonyl (C=O) groups is 1. The molecule has 1 aromatic carbocycles. The van der Waals surface area contributed by atoms with Gasteiger partial charge in [-0.05, 0) is 44.0 Å². The summed E-state index contributed by atoms with van der Waals surface area (Å²) < 4.78 is 28.9. The van der Waals surface area contributed by atoms with Crippen LogP contribution in [0.3, 0.4) is 0 Å². The standard InChI is InChI=1S/C17H23N3O4S/c1-4-6-11-25(22,23)20-19-16(5-2)13(3)24-17(21)15-9-7-14(12-18)8-10-15/h7-10,13,20H,4-6,11H2,1-3H3/b19-16+. The van der Waals surface area contributed by atoms with Crippen LogP contribution in [0.4, 0.5) is 0 Å². The van der Waals surface area contributed by atoms with Gasteiger partial charge in [-0.3, -0.25) is 0 Å². The number of nitrogens with zero attached hydrogens (tertiary/aromatic N) is 2. The number of carbonyl (C=O) groups excluding carboxylic acids is 1. The fraction of sp³-hybridized carbons (Fsp3) is 0.471. The summed E-state index contributed by atoms with van der Waals surface area (Å²) in [5, 5.41) is 12.7. The normalized spacial score (nSPS) is 13.0. The highest BCUT2D eigenvalue weighted by Crippen LogP contribution is 2.08. The Morgan fingerprint density at radius 2 is 1.96 bits per heavy atom. The summed E-state index contributed by atoms with van der Waals surface area (Å²) >= 11 is 0. The van der Waals surface area contributed by atoms with E-state index in [1.807, 2.05) is 13.0 Å². The second-order valence-corrected chi connectivity index (χ2v) is 7.28. The molecule has 8 heteroatoms. The number of hydrogen-bond donors (Lipinski definition) is 1. The summed E-state index contributed by atoms with van der Waals surface area (Å²) in [6.07, 6.45) is 1.07. The van der Waals surface area contributed by atoms with Crippen LogP contribution < -0.4 is 4.83 Å². The van der Waals surface area contributed by atoms with Crippen molar-refractivity contribution in [1.29, 1.82) is 5.26 Å². The fourth-order valence-corrected chi connectivity index (χ4v) is 2.96. The van der Waals surface area contributed by atoms with E-state index in [2.05, 4.69) is 9.93 Å². The third kappa shape index (κ3) is 6.93. The van der Waals surface area contributed by atoms with Crippen LogP contribution in [0.5, 0.6) is 0 Å². The summed E-state index contributed by atoms with van der Waals surface area (Å²) in [4.78, 5) is 14.3. The molecule has 0 aromatic heterocycles. The predicted octanol–water partition coefficient (Wildman–Crippen LogP) is 2.59. The summed E-state index contributed by atoms with van der Waals surface area (Å²) in [6.45, 7) is 5.33. The first-order valence-corrected chi connectivity index (χ1v) is 9.75. The molecule has 1 atom stereocenters. The van der Waals surface area contributed by atoms with Crippen LogP contribution in [0.1, 0.15) is 56.0 Å². The Hall–Kier alpha value is -2.40. The number of sulfonamides is 1. The highest BCUT2D eigenvalue weighted by Gasteiger charge is 2.17. The van der Waals surface area contributed by atoms with Crippen molar-refractivity contribution in [2.24, 2.45) is 5.10 Å². The Morgan fingerprint density at radius 1 is 1.32 bits per heavy atom. The second kappa shape index (κ2) is 9.79. The fourth-order valence-electron chi connectivity index (χ4n) is 1.94. The average molecular weight is 365 g/mol. The first-order valence-electron chi connectivity index (χ1n) is 8.10. The molecule has 0 spiro atoms. The van der Waals surface area contributed by atoms with Gasteiger partial charge in [0.1, 0.15) is 6.10 Å². The van der Waals surface area contributed by atoms with Gasteiger partial charge in [0, 0.05) is 0 Å². The molecule has 25 heavy (non-hydrogen) atoms. The van der Waals surface area contributed by atoms with Crippen LogP contribution in [0, 0.1) is 11.3 Å². The Morgan fingerprint density at radius 3 is 2.48 bits per heavy atom. The molecule has 1 aromatic rings. The smallest absolute Gasteiger partial charge is 0.338 e. The molecule has 0 amide bonds. The number of nitriles is 1. The van der Waals surface area contributed by atoms with Crippen molar-refractivity contribution in [3.8, 4) is 6.07 Å². The van der Waals surface area contributed by atoms with Crippen LogP contribution in [0.2, 0.25) is 0 Å². The number of hydrazone groups is 1. The molecule has 7 nitrogen and oxygen atoms in total. The van der Waals surface area contributed by atoms with E-state index in [4.69, 9.17) is 10.00 Å². The lowest BCUT2D eigenvalue weighted by Crippen LogP contribution is -2.29. The summed E-state index contributed by atoms with van der Waals surface area (Å²) in [7, 11) is -3.48. The Labute approximate surface area is 148 Å². The molecule has 0 aliphatic heterocycles. The van der Waals surface area contributed by atoms with Crippen LogP contribution in [0.15, 0.2) is 29.4 Å². The molecule has 1 unspecified atom stereocenters. The molecule has 0 saturated carbocycles. The molecule has 136 valence electrons. The zero-order chi connectivity index (χ0) is 18.9. The van der Waals surface area contributed by atoms with Crippen molar-refractivity contribution in [2.45, 2.75) is 46.1 Å². The number of rotatable bonds is 9. The Bertz CT molecular complexity index is 749. The minimum Gasteiger partial charge on any atom is -0.453 e. The third-order valence-electron chi connectivity index (χ3n) is 3.46. The molecular formula is C17H23N3O4S. The number of hydrogen-bond acceptors (Lipinski definition) is 6. The number of ether oxygens (including phenoxy) is 1. The van der Waals surface area contributed by atoms with E-state index >= 15 is 0 Å². The molecular weight excluding hydrogens is 342 g/mol. The van der Waals surface area contributed by atoms with Gasteiger partial charge in [0.2, 0.25) is 10.0 Å². The summed E-state index contributed by atoms with van der Waals surface area (Å²) in [6, 6.07) is 8.03. The lowest BCUT2D eigenvalue weighted by atomic mass is 10.1. The maximum absolute atomic E-state index is 12.1. The Kier molecular flexibility index (Phi) is 8.08. The maximum Gasteiger partial charge on any atom is 0.338 e. The van der Waals surface area contributed by atoms with Gasteiger partial charge in [-0.1, -0.05) is 20.3 Å². The van der Waals surface area contributed by atoms with Gasteiger partial charge in [-0.2, -0.15) is 10.4 Å². The quantitative estimate of drug-likeness (QED) is 0.411. The van der Waals surface area contributed by atoms with Crippen LogP contribution in [-0.4, -0.2) is 32.0 Å². The minimum atomic E-state index is -3.48. The van der Waals surface area contributed by atoms with Gasteiger partial charge in [-0.15, -0.1) is 0 Å². The molecule has 1 N–H and O–H groups in total. The van der Waals surface area contributed by atoms with Crippen molar-refractivity contribution in [1.82, 2.24) is 4.83 Å². The van der Waals surface area contributed by atoms with Gasteiger partial charge in [-0.25, -0.2) is 18.0 Å². The molecule has 0 heterocycles. The van der Waals surface area contributed by atoms with Crippen molar-refractivity contribution in [2.75, 3.05) is 5.75 Å². The molecule has 0 bridgehead atoms. The molecule has 0 fully saturated rings. The minimum absolute atomic E-state index is 0.00338. The SMILES string of the molecule is CCCCS(=O)(=O)N/N=C(\CC)C(C)OC(=O)c1ccc(C#N)cc1. The van der Waals surface area contributed by atoms with E-state index in [1.54, 1.807) is 13.8 Å². The largest absolute Gasteiger partial charge is 0.453 e. The number of nitrogens with one attached hydrogen (secondary N) is 1. The van der Waals surface area contributed by atoms with Gasteiger partial charge < -0.3 is 4.74 Å². The van der Waals surface area contributed by atoms with Gasteiger partial charge in [0.05, 0.1) is 28.7 Å². The van der Waals surface area contributed by atoms with Gasteiger partial charge in [0.25, 0.3) is 0 Å². The number of esters is 1. The van der Waals surface area contributed by atoms with E-state index in [0.29, 0.717) is 29.7 Å². The van der Waals surface area contributed by atoms with Crippen LogP contribution >= 0.6 is 0 Å². The number of benzene rings is 1. The van der Waals surface area contributed by atoms with E-state index < -0.39 is 22.1 Å².